The van der Waals surface area contributed by atoms with Crippen LogP contribution in [0.15, 0.2) is 0 Å². The zero-order valence-electron chi connectivity index (χ0n) is 12.1. The molecule has 0 aliphatic carbocycles. The van der Waals surface area contributed by atoms with E-state index < -0.39 is 0 Å². The van der Waals surface area contributed by atoms with E-state index in [1.807, 2.05) is 25.7 Å². The Kier molecular flexibility index (Phi) is 7.39. The van der Waals surface area contributed by atoms with Crippen LogP contribution in [0.2, 0.25) is 0 Å². The summed E-state index contributed by atoms with van der Waals surface area (Å²) in [6.45, 7) is 9.97. The Morgan fingerprint density at radius 2 is 2.00 bits per heavy atom. The number of nitrogens with zero attached hydrogens (tertiary/aromatic N) is 1. The molecule has 1 heterocycles. The van der Waals surface area contributed by atoms with E-state index in [1.165, 1.54) is 7.11 Å². The summed E-state index contributed by atoms with van der Waals surface area (Å²) in [6.07, 6.45) is 2.11. The van der Waals surface area contributed by atoms with Gasteiger partial charge >= 0.3 is 6.09 Å². The maximum atomic E-state index is 11.6. The Morgan fingerprint density at radius 3 is 2.33 bits per heavy atom. The molecule has 1 aliphatic heterocycles. The van der Waals surface area contributed by atoms with Crippen LogP contribution in [0.4, 0.5) is 4.79 Å². The number of carbonyl (C=O) groups is 2. The van der Waals surface area contributed by atoms with Crippen molar-refractivity contribution in [3.05, 3.63) is 0 Å². The quantitative estimate of drug-likeness (QED) is 0.715. The molecule has 1 rings (SSSR count). The fraction of sp³-hybridized carbons (Fsp3) is 0.846. The Hall–Kier alpha value is -1.26. The maximum Gasteiger partial charge on any atom is 0.410 e. The molecule has 1 saturated heterocycles. The van der Waals surface area contributed by atoms with Gasteiger partial charge in [0.25, 0.3) is 6.47 Å². The zero-order valence-corrected chi connectivity index (χ0v) is 12.1. The molecule has 0 N–H and O–H groups in total. The minimum Gasteiger partial charge on any atom is -0.471 e. The molecular formula is C13H25NO4. The lowest BCUT2D eigenvalue weighted by Gasteiger charge is -2.24. The van der Waals surface area contributed by atoms with Crippen molar-refractivity contribution in [1.82, 2.24) is 4.90 Å². The number of rotatable bonds is 2. The van der Waals surface area contributed by atoms with E-state index in [4.69, 9.17) is 9.53 Å². The van der Waals surface area contributed by atoms with Gasteiger partial charge in [-0.1, -0.05) is 13.3 Å². The van der Waals surface area contributed by atoms with Crippen molar-refractivity contribution in [2.45, 2.75) is 46.1 Å². The van der Waals surface area contributed by atoms with Crippen LogP contribution in [0.1, 0.15) is 40.5 Å². The molecule has 0 bridgehead atoms. The lowest BCUT2D eigenvalue weighted by molar-refractivity contribution is -0.126. The average Bonchev–Trinajstić information content (AvgIpc) is 2.76. The molecule has 1 atom stereocenters. The first-order valence-electron chi connectivity index (χ1n) is 6.28. The Morgan fingerprint density at radius 1 is 1.44 bits per heavy atom. The third-order valence-electron chi connectivity index (χ3n) is 2.61. The van der Waals surface area contributed by atoms with E-state index in [2.05, 4.69) is 11.7 Å². The van der Waals surface area contributed by atoms with Gasteiger partial charge in [-0.15, -0.1) is 0 Å². The second-order valence-electron chi connectivity index (χ2n) is 5.32. The number of carbonyl (C=O) groups excluding carboxylic acids is 2. The Balaban J connectivity index is 0.000000631. The first kappa shape index (κ1) is 16.7. The Bertz CT molecular complexity index is 260. The van der Waals surface area contributed by atoms with Crippen LogP contribution in [-0.4, -0.2) is 43.3 Å². The topological polar surface area (TPSA) is 55.8 Å². The molecule has 0 saturated carbocycles. The molecule has 1 aliphatic rings. The van der Waals surface area contributed by atoms with Gasteiger partial charge in [-0.05, 0) is 33.1 Å². The zero-order chi connectivity index (χ0) is 14.2. The molecule has 0 aromatic rings. The van der Waals surface area contributed by atoms with Crippen LogP contribution in [-0.2, 0) is 14.3 Å². The highest BCUT2D eigenvalue weighted by Crippen LogP contribution is 2.21. The van der Waals surface area contributed by atoms with E-state index in [0.717, 1.165) is 25.9 Å². The minimum atomic E-state index is -0.374. The van der Waals surface area contributed by atoms with Gasteiger partial charge in [0.05, 0.1) is 7.11 Å². The predicted molar refractivity (Wildman–Crippen MR) is 69.3 cm³/mol. The summed E-state index contributed by atoms with van der Waals surface area (Å²) in [5.74, 6) is 0.669. The third kappa shape index (κ3) is 7.14. The van der Waals surface area contributed by atoms with Gasteiger partial charge in [0.15, 0.2) is 0 Å². The van der Waals surface area contributed by atoms with E-state index in [-0.39, 0.29) is 11.7 Å². The summed E-state index contributed by atoms with van der Waals surface area (Å²) in [7, 11) is 1.31. The van der Waals surface area contributed by atoms with E-state index >= 15 is 0 Å². The SMILES string of the molecule is CCC1CCN(C(=O)OC(C)(C)C)C1.COC=O. The second-order valence-corrected chi connectivity index (χ2v) is 5.32. The predicted octanol–water partition coefficient (Wildman–Crippen LogP) is 2.44. The standard InChI is InChI=1S/C11H21NO2.C2H4O2/c1-5-9-6-7-12(8-9)10(13)14-11(2,3)4;1-4-2-3/h9H,5-8H2,1-4H3;2H,1H3. The smallest absolute Gasteiger partial charge is 0.410 e. The van der Waals surface area contributed by atoms with Crippen molar-refractivity contribution in [2.75, 3.05) is 20.2 Å². The van der Waals surface area contributed by atoms with Gasteiger partial charge in [-0.2, -0.15) is 0 Å². The lowest BCUT2D eigenvalue weighted by atomic mass is 10.1. The largest absolute Gasteiger partial charge is 0.471 e. The first-order valence-corrected chi connectivity index (χ1v) is 6.28. The lowest BCUT2D eigenvalue weighted by Crippen LogP contribution is -2.35. The fourth-order valence-electron chi connectivity index (χ4n) is 1.66. The molecular weight excluding hydrogens is 234 g/mol. The molecule has 0 aromatic carbocycles. The number of methoxy groups -OCH3 is 1. The van der Waals surface area contributed by atoms with Crippen molar-refractivity contribution in [2.24, 2.45) is 5.92 Å². The average molecular weight is 259 g/mol. The summed E-state index contributed by atoms with van der Waals surface area (Å²) in [5, 5.41) is 0. The van der Waals surface area contributed by atoms with Crippen LogP contribution in [0.25, 0.3) is 0 Å². The molecule has 0 aromatic heterocycles. The maximum absolute atomic E-state index is 11.6. The molecule has 1 unspecified atom stereocenters. The number of ether oxygens (including phenoxy) is 2. The van der Waals surface area contributed by atoms with Crippen molar-refractivity contribution in [3.63, 3.8) is 0 Å². The highest BCUT2D eigenvalue weighted by molar-refractivity contribution is 5.68. The van der Waals surface area contributed by atoms with E-state index in [0.29, 0.717) is 12.4 Å². The fourth-order valence-corrected chi connectivity index (χ4v) is 1.66. The molecule has 18 heavy (non-hydrogen) atoms. The van der Waals surface area contributed by atoms with Gasteiger partial charge in [0.1, 0.15) is 5.60 Å². The summed E-state index contributed by atoms with van der Waals surface area (Å²) >= 11 is 0. The minimum absolute atomic E-state index is 0.159. The second kappa shape index (κ2) is 7.95. The molecule has 1 amide bonds. The highest BCUT2D eigenvalue weighted by atomic mass is 16.6. The molecule has 0 spiro atoms. The summed E-state index contributed by atoms with van der Waals surface area (Å²) < 4.78 is 9.16. The molecule has 5 nitrogen and oxygen atoms in total. The van der Waals surface area contributed by atoms with Gasteiger partial charge < -0.3 is 14.4 Å². The summed E-state index contributed by atoms with van der Waals surface area (Å²) in [4.78, 5) is 22.4. The van der Waals surface area contributed by atoms with Gasteiger partial charge in [0, 0.05) is 13.1 Å². The van der Waals surface area contributed by atoms with Gasteiger partial charge in [-0.3, -0.25) is 4.79 Å². The van der Waals surface area contributed by atoms with Crippen molar-refractivity contribution >= 4 is 12.6 Å². The third-order valence-corrected chi connectivity index (χ3v) is 2.61. The molecule has 1 fully saturated rings. The van der Waals surface area contributed by atoms with Crippen molar-refractivity contribution in [3.8, 4) is 0 Å². The van der Waals surface area contributed by atoms with E-state index in [1.54, 1.807) is 0 Å². The summed E-state index contributed by atoms with van der Waals surface area (Å²) in [6, 6.07) is 0. The van der Waals surface area contributed by atoms with Crippen LogP contribution >= 0.6 is 0 Å². The van der Waals surface area contributed by atoms with E-state index in [9.17, 15) is 4.79 Å². The van der Waals surface area contributed by atoms with Crippen LogP contribution < -0.4 is 0 Å². The van der Waals surface area contributed by atoms with Crippen molar-refractivity contribution in [1.29, 1.82) is 0 Å². The molecule has 0 radical (unpaired) electrons. The highest BCUT2D eigenvalue weighted by Gasteiger charge is 2.28. The van der Waals surface area contributed by atoms with Crippen LogP contribution in [0.3, 0.4) is 0 Å². The number of amides is 1. The Labute approximate surface area is 109 Å². The number of likely N-dealkylation sites (tertiary alicyclic amines) is 1. The van der Waals surface area contributed by atoms with Crippen LogP contribution in [0.5, 0.6) is 0 Å². The van der Waals surface area contributed by atoms with Crippen molar-refractivity contribution < 1.29 is 19.1 Å². The molecule has 106 valence electrons. The number of hydrogen-bond donors (Lipinski definition) is 0. The van der Waals surface area contributed by atoms with Crippen LogP contribution in [0, 0.1) is 5.92 Å². The monoisotopic (exact) mass is 259 g/mol. The normalized spacial score (nSPS) is 18.7. The van der Waals surface area contributed by atoms with Gasteiger partial charge in [-0.25, -0.2) is 4.79 Å². The molecule has 5 heteroatoms. The van der Waals surface area contributed by atoms with Gasteiger partial charge in [0.2, 0.25) is 0 Å². The first-order chi connectivity index (χ1) is 8.34. The summed E-state index contributed by atoms with van der Waals surface area (Å²) in [5.41, 5.74) is -0.374. The number of hydrogen-bond acceptors (Lipinski definition) is 4.